The molecule has 3 rings (SSSR count). The zero-order valence-corrected chi connectivity index (χ0v) is 17.3. The van der Waals surface area contributed by atoms with Crippen molar-refractivity contribution in [2.45, 2.75) is 26.9 Å². The number of carbonyl (C=O) groups excluding carboxylic acids is 2. The lowest BCUT2D eigenvalue weighted by Crippen LogP contribution is -2.40. The van der Waals surface area contributed by atoms with Gasteiger partial charge >= 0.3 is 5.69 Å². The molecule has 0 radical (unpaired) electrons. The molecule has 31 heavy (non-hydrogen) atoms. The number of fused-ring (bicyclic) bond motifs is 1. The first-order valence-corrected chi connectivity index (χ1v) is 9.91. The van der Waals surface area contributed by atoms with E-state index in [1.54, 1.807) is 26.0 Å². The minimum Gasteiger partial charge on any atom is -0.350 e. The molecule has 0 aliphatic carbocycles. The molecule has 0 fully saturated rings. The SMILES string of the molecule is CCN(CC(=O)NCc1ccc(F)cc1)C(=O)c1ccc2c(=O)n(CC)c(=O)[nH]c2c1. The molecule has 1 heterocycles. The van der Waals surface area contributed by atoms with Crippen LogP contribution in [0.2, 0.25) is 0 Å². The zero-order chi connectivity index (χ0) is 22.5. The molecule has 2 aromatic carbocycles. The zero-order valence-electron chi connectivity index (χ0n) is 17.3. The molecule has 3 aromatic rings. The summed E-state index contributed by atoms with van der Waals surface area (Å²) < 4.78 is 14.0. The Labute approximate surface area is 177 Å². The summed E-state index contributed by atoms with van der Waals surface area (Å²) >= 11 is 0. The maximum absolute atomic E-state index is 13.0. The number of likely N-dealkylation sites (N-methyl/N-ethyl adjacent to an activating group) is 1. The predicted octanol–water partition coefficient (Wildman–Crippen LogP) is 1.63. The molecule has 9 heteroatoms. The van der Waals surface area contributed by atoms with Crippen LogP contribution in [0.3, 0.4) is 0 Å². The standard InChI is InChI=1S/C22H23FN4O4/c1-3-26(13-19(28)24-12-14-5-8-16(23)9-6-14)20(29)15-7-10-17-18(11-15)25-22(31)27(4-2)21(17)30/h5-11H,3-4,12-13H2,1-2H3,(H,24,28)(H,25,31). The molecule has 0 saturated heterocycles. The Balaban J connectivity index is 1.74. The number of amides is 2. The van der Waals surface area contributed by atoms with E-state index in [1.165, 1.54) is 35.2 Å². The minimum absolute atomic E-state index is 0.164. The van der Waals surface area contributed by atoms with E-state index < -0.39 is 17.2 Å². The van der Waals surface area contributed by atoms with Crippen LogP contribution >= 0.6 is 0 Å². The first-order chi connectivity index (χ1) is 14.8. The number of carbonyl (C=O) groups is 2. The largest absolute Gasteiger partial charge is 0.350 e. The Kier molecular flexibility index (Phi) is 6.64. The smallest absolute Gasteiger partial charge is 0.328 e. The summed E-state index contributed by atoms with van der Waals surface area (Å²) in [6.07, 6.45) is 0. The van der Waals surface area contributed by atoms with Gasteiger partial charge in [-0.15, -0.1) is 0 Å². The van der Waals surface area contributed by atoms with Crippen molar-refractivity contribution in [3.63, 3.8) is 0 Å². The van der Waals surface area contributed by atoms with Crippen molar-refractivity contribution in [2.75, 3.05) is 13.1 Å². The fraction of sp³-hybridized carbons (Fsp3) is 0.273. The molecule has 8 nitrogen and oxygen atoms in total. The minimum atomic E-state index is -0.544. The summed E-state index contributed by atoms with van der Waals surface area (Å²) in [4.78, 5) is 53.6. The van der Waals surface area contributed by atoms with E-state index in [-0.39, 0.29) is 49.0 Å². The molecule has 2 N–H and O–H groups in total. The number of hydrogen-bond donors (Lipinski definition) is 2. The van der Waals surface area contributed by atoms with Crippen LogP contribution in [-0.4, -0.2) is 39.4 Å². The van der Waals surface area contributed by atoms with Gasteiger partial charge in [0, 0.05) is 25.2 Å². The summed E-state index contributed by atoms with van der Waals surface area (Å²) in [5, 5.41) is 3.00. The van der Waals surface area contributed by atoms with Crippen LogP contribution in [0.4, 0.5) is 4.39 Å². The summed E-state index contributed by atoms with van der Waals surface area (Å²) in [5.74, 6) is -1.12. The van der Waals surface area contributed by atoms with Gasteiger partial charge in [-0.05, 0) is 49.7 Å². The Hall–Kier alpha value is -3.75. The van der Waals surface area contributed by atoms with E-state index in [0.717, 1.165) is 10.1 Å². The van der Waals surface area contributed by atoms with Gasteiger partial charge in [-0.3, -0.25) is 19.0 Å². The lowest BCUT2D eigenvalue weighted by molar-refractivity contribution is -0.121. The number of rotatable bonds is 7. The Bertz CT molecular complexity index is 1230. The number of benzene rings is 2. The third-order valence-electron chi connectivity index (χ3n) is 4.95. The number of aromatic nitrogens is 2. The van der Waals surface area contributed by atoms with Crippen molar-refractivity contribution in [1.82, 2.24) is 19.8 Å². The highest BCUT2D eigenvalue weighted by molar-refractivity contribution is 5.99. The topological polar surface area (TPSA) is 104 Å². The van der Waals surface area contributed by atoms with E-state index in [2.05, 4.69) is 10.3 Å². The van der Waals surface area contributed by atoms with Gasteiger partial charge in [0.05, 0.1) is 17.4 Å². The Morgan fingerprint density at radius 3 is 2.45 bits per heavy atom. The first kappa shape index (κ1) is 21.9. The van der Waals surface area contributed by atoms with Gasteiger partial charge in [0.1, 0.15) is 5.82 Å². The monoisotopic (exact) mass is 426 g/mol. The van der Waals surface area contributed by atoms with Crippen LogP contribution < -0.4 is 16.6 Å². The first-order valence-electron chi connectivity index (χ1n) is 9.91. The van der Waals surface area contributed by atoms with Crippen LogP contribution in [0.5, 0.6) is 0 Å². The maximum atomic E-state index is 13.0. The van der Waals surface area contributed by atoms with Crippen molar-refractivity contribution >= 4 is 22.7 Å². The lowest BCUT2D eigenvalue weighted by Gasteiger charge is -2.20. The molecule has 0 aliphatic rings. The van der Waals surface area contributed by atoms with E-state index in [9.17, 15) is 23.6 Å². The molecule has 0 saturated carbocycles. The third-order valence-corrected chi connectivity index (χ3v) is 4.95. The van der Waals surface area contributed by atoms with Crippen molar-refractivity contribution in [1.29, 1.82) is 0 Å². The molecule has 1 aromatic heterocycles. The molecule has 2 amide bonds. The molecule has 0 spiro atoms. The van der Waals surface area contributed by atoms with Gasteiger partial charge < -0.3 is 15.2 Å². The quantitative estimate of drug-likeness (QED) is 0.599. The third kappa shape index (κ3) is 4.88. The highest BCUT2D eigenvalue weighted by Crippen LogP contribution is 2.12. The number of aromatic amines is 1. The highest BCUT2D eigenvalue weighted by atomic mass is 19.1. The van der Waals surface area contributed by atoms with E-state index in [0.29, 0.717) is 5.39 Å². The van der Waals surface area contributed by atoms with Gasteiger partial charge in [-0.1, -0.05) is 12.1 Å². The molecule has 0 atom stereocenters. The normalized spacial score (nSPS) is 10.8. The Morgan fingerprint density at radius 2 is 1.81 bits per heavy atom. The van der Waals surface area contributed by atoms with Gasteiger partial charge in [0.2, 0.25) is 5.91 Å². The highest BCUT2D eigenvalue weighted by Gasteiger charge is 2.18. The Morgan fingerprint density at radius 1 is 1.10 bits per heavy atom. The van der Waals surface area contributed by atoms with Crippen molar-refractivity contribution < 1.29 is 14.0 Å². The van der Waals surface area contributed by atoms with Gasteiger partial charge in [-0.25, -0.2) is 9.18 Å². The van der Waals surface area contributed by atoms with Crippen LogP contribution in [0.25, 0.3) is 10.9 Å². The lowest BCUT2D eigenvalue weighted by atomic mass is 10.1. The average molecular weight is 426 g/mol. The van der Waals surface area contributed by atoms with Gasteiger partial charge in [0.15, 0.2) is 0 Å². The van der Waals surface area contributed by atoms with Gasteiger partial charge in [-0.2, -0.15) is 0 Å². The molecule has 0 unspecified atom stereocenters. The van der Waals surface area contributed by atoms with Crippen molar-refractivity contribution in [3.05, 3.63) is 80.2 Å². The predicted molar refractivity (Wildman–Crippen MR) is 114 cm³/mol. The number of nitrogens with one attached hydrogen (secondary N) is 2. The maximum Gasteiger partial charge on any atom is 0.328 e. The second-order valence-corrected chi connectivity index (χ2v) is 6.96. The van der Waals surface area contributed by atoms with Crippen molar-refractivity contribution in [2.24, 2.45) is 0 Å². The van der Waals surface area contributed by atoms with Crippen LogP contribution in [0, 0.1) is 5.82 Å². The fourth-order valence-electron chi connectivity index (χ4n) is 3.22. The number of halogens is 1. The van der Waals surface area contributed by atoms with E-state index >= 15 is 0 Å². The van der Waals surface area contributed by atoms with Crippen molar-refractivity contribution in [3.8, 4) is 0 Å². The number of hydrogen-bond acceptors (Lipinski definition) is 4. The molecule has 0 aliphatic heterocycles. The van der Waals surface area contributed by atoms with Crippen LogP contribution in [-0.2, 0) is 17.9 Å². The summed E-state index contributed by atoms with van der Waals surface area (Å²) in [6.45, 7) is 4.01. The second-order valence-electron chi connectivity index (χ2n) is 6.96. The molecule has 162 valence electrons. The van der Waals surface area contributed by atoms with Crippen LogP contribution in [0.15, 0.2) is 52.1 Å². The van der Waals surface area contributed by atoms with Gasteiger partial charge in [0.25, 0.3) is 11.5 Å². The molecular formula is C22H23FN4O4. The van der Waals surface area contributed by atoms with E-state index in [1.807, 2.05) is 0 Å². The fourth-order valence-corrected chi connectivity index (χ4v) is 3.22. The number of nitrogens with zero attached hydrogens (tertiary/aromatic N) is 2. The van der Waals surface area contributed by atoms with Crippen LogP contribution in [0.1, 0.15) is 29.8 Å². The summed E-state index contributed by atoms with van der Waals surface area (Å²) in [5.41, 5.74) is 0.289. The molecule has 0 bridgehead atoms. The second kappa shape index (κ2) is 9.38. The van der Waals surface area contributed by atoms with E-state index in [4.69, 9.17) is 0 Å². The summed E-state index contributed by atoms with van der Waals surface area (Å²) in [7, 11) is 0. The average Bonchev–Trinajstić information content (AvgIpc) is 2.76. The molecular weight excluding hydrogens is 403 g/mol. The number of H-pyrrole nitrogens is 1. The summed E-state index contributed by atoms with van der Waals surface area (Å²) in [6, 6.07) is 10.2.